The van der Waals surface area contributed by atoms with Crippen LogP contribution < -0.4 is 10.2 Å². The highest BCUT2D eigenvalue weighted by atomic mass is 35.5. The Hall–Kier alpha value is -2.08. The second-order valence-corrected chi connectivity index (χ2v) is 5.75. The summed E-state index contributed by atoms with van der Waals surface area (Å²) in [6.45, 7) is 1.80. The molecule has 0 saturated carbocycles. The summed E-state index contributed by atoms with van der Waals surface area (Å²) in [4.78, 5) is 36.4. The fourth-order valence-electron chi connectivity index (χ4n) is 2.27. The molecule has 6 nitrogen and oxygen atoms in total. The Kier molecular flexibility index (Phi) is 5.03. The topological polar surface area (TPSA) is 86.7 Å². The molecule has 0 radical (unpaired) electrons. The Morgan fingerprint density at radius 3 is 2.77 bits per heavy atom. The van der Waals surface area contributed by atoms with E-state index >= 15 is 0 Å². The summed E-state index contributed by atoms with van der Waals surface area (Å²) >= 11 is 6.07. The van der Waals surface area contributed by atoms with Gasteiger partial charge in [0.2, 0.25) is 11.8 Å². The molecular formula is C15H17ClN2O4. The van der Waals surface area contributed by atoms with Gasteiger partial charge in [0, 0.05) is 19.5 Å². The van der Waals surface area contributed by atoms with E-state index in [2.05, 4.69) is 5.32 Å². The van der Waals surface area contributed by atoms with Crippen molar-refractivity contribution in [3.8, 4) is 0 Å². The van der Waals surface area contributed by atoms with E-state index in [0.29, 0.717) is 10.7 Å². The van der Waals surface area contributed by atoms with E-state index in [9.17, 15) is 14.4 Å². The fourth-order valence-corrected chi connectivity index (χ4v) is 2.51. The molecule has 0 unspecified atom stereocenters. The second kappa shape index (κ2) is 6.79. The molecule has 2 rings (SSSR count). The minimum atomic E-state index is -0.972. The van der Waals surface area contributed by atoms with Crippen molar-refractivity contribution in [3.63, 3.8) is 0 Å². The number of hydrogen-bond donors (Lipinski definition) is 2. The molecule has 1 aromatic carbocycles. The fraction of sp³-hybridized carbons (Fsp3) is 0.400. The van der Waals surface area contributed by atoms with E-state index in [1.165, 1.54) is 11.8 Å². The molecule has 1 fully saturated rings. The van der Waals surface area contributed by atoms with Crippen molar-refractivity contribution < 1.29 is 19.5 Å². The van der Waals surface area contributed by atoms with Crippen LogP contribution in [0.5, 0.6) is 0 Å². The first-order valence-corrected chi connectivity index (χ1v) is 7.33. The maximum absolute atomic E-state index is 12.1. The number of carboxylic acids is 1. The summed E-state index contributed by atoms with van der Waals surface area (Å²) in [7, 11) is 0. The number of carbonyl (C=O) groups is 3. The number of rotatable bonds is 5. The van der Waals surface area contributed by atoms with E-state index in [0.717, 1.165) is 0 Å². The summed E-state index contributed by atoms with van der Waals surface area (Å²) in [5.74, 6) is -2.61. The Bertz CT molecular complexity index is 605. The Morgan fingerprint density at radius 2 is 2.14 bits per heavy atom. The highest BCUT2D eigenvalue weighted by Crippen LogP contribution is 2.30. The van der Waals surface area contributed by atoms with Gasteiger partial charge in [-0.2, -0.15) is 0 Å². The Balaban J connectivity index is 1.99. The number of carbonyl (C=O) groups excluding carboxylic acids is 2. The largest absolute Gasteiger partial charge is 0.481 e. The van der Waals surface area contributed by atoms with Crippen LogP contribution >= 0.6 is 11.6 Å². The monoisotopic (exact) mass is 324 g/mol. The van der Waals surface area contributed by atoms with Crippen molar-refractivity contribution in [2.24, 2.45) is 11.8 Å². The lowest BCUT2D eigenvalue weighted by Gasteiger charge is -2.18. The second-order valence-electron chi connectivity index (χ2n) is 5.34. The molecule has 2 amide bonds. The van der Waals surface area contributed by atoms with Crippen LogP contribution in [0.15, 0.2) is 24.3 Å². The lowest BCUT2D eigenvalue weighted by atomic mass is 10.1. The van der Waals surface area contributed by atoms with Crippen LogP contribution in [0.4, 0.5) is 5.69 Å². The van der Waals surface area contributed by atoms with Gasteiger partial charge in [-0.1, -0.05) is 30.7 Å². The maximum atomic E-state index is 12.1. The van der Waals surface area contributed by atoms with E-state index in [4.69, 9.17) is 16.7 Å². The molecule has 0 aromatic heterocycles. The first kappa shape index (κ1) is 16.3. The molecule has 1 saturated heterocycles. The van der Waals surface area contributed by atoms with Crippen LogP contribution in [0.2, 0.25) is 5.02 Å². The van der Waals surface area contributed by atoms with E-state index in [1.54, 1.807) is 24.3 Å². The van der Waals surface area contributed by atoms with Gasteiger partial charge in [-0.15, -0.1) is 0 Å². The van der Waals surface area contributed by atoms with Gasteiger partial charge in [-0.3, -0.25) is 14.4 Å². The molecule has 2 N–H and O–H groups in total. The Morgan fingerprint density at radius 1 is 1.45 bits per heavy atom. The predicted octanol–water partition coefficient (Wildman–Crippen LogP) is 1.53. The third kappa shape index (κ3) is 3.57. The third-order valence-corrected chi connectivity index (χ3v) is 3.96. The number of carboxylic acid groups (broad SMARTS) is 1. The van der Waals surface area contributed by atoms with Crippen molar-refractivity contribution in [1.29, 1.82) is 0 Å². The number of amides is 2. The summed E-state index contributed by atoms with van der Waals surface area (Å²) in [5, 5.41) is 11.8. The number of benzene rings is 1. The van der Waals surface area contributed by atoms with Crippen molar-refractivity contribution in [2.45, 2.75) is 13.3 Å². The average molecular weight is 325 g/mol. The zero-order valence-corrected chi connectivity index (χ0v) is 12.8. The SMILES string of the molecule is C[C@H](CNC(=O)[C@@H]1CC(=O)N(c2ccccc2Cl)C1)C(=O)O. The number of nitrogens with zero attached hydrogens (tertiary/aromatic N) is 1. The summed E-state index contributed by atoms with van der Waals surface area (Å²) < 4.78 is 0. The Labute approximate surface area is 133 Å². The minimum Gasteiger partial charge on any atom is -0.481 e. The zero-order chi connectivity index (χ0) is 16.3. The molecule has 0 spiro atoms. The lowest BCUT2D eigenvalue weighted by Crippen LogP contribution is -2.37. The van der Waals surface area contributed by atoms with Gasteiger partial charge >= 0.3 is 5.97 Å². The van der Waals surface area contributed by atoms with E-state index in [-0.39, 0.29) is 31.3 Å². The molecule has 7 heteroatoms. The van der Waals surface area contributed by atoms with Crippen molar-refractivity contribution >= 4 is 35.1 Å². The minimum absolute atomic E-state index is 0.0466. The summed E-state index contributed by atoms with van der Waals surface area (Å²) in [6, 6.07) is 6.96. The normalized spacial score (nSPS) is 19.1. The molecule has 0 aliphatic carbocycles. The van der Waals surface area contributed by atoms with Gasteiger partial charge in [-0.05, 0) is 12.1 Å². The molecular weight excluding hydrogens is 308 g/mol. The first-order valence-electron chi connectivity index (χ1n) is 6.95. The average Bonchev–Trinajstić information content (AvgIpc) is 2.86. The summed E-state index contributed by atoms with van der Waals surface area (Å²) in [5.41, 5.74) is 0.586. The van der Waals surface area contributed by atoms with Crippen molar-refractivity contribution in [3.05, 3.63) is 29.3 Å². The highest BCUT2D eigenvalue weighted by Gasteiger charge is 2.35. The smallest absolute Gasteiger partial charge is 0.308 e. The zero-order valence-electron chi connectivity index (χ0n) is 12.1. The van der Waals surface area contributed by atoms with Gasteiger partial charge in [-0.25, -0.2) is 0 Å². The third-order valence-electron chi connectivity index (χ3n) is 3.64. The molecule has 1 aromatic rings. The number of aliphatic carboxylic acids is 1. The van der Waals surface area contributed by atoms with Crippen LogP contribution in [0.25, 0.3) is 0 Å². The van der Waals surface area contributed by atoms with Crippen LogP contribution in [0.3, 0.4) is 0 Å². The number of anilines is 1. The quantitative estimate of drug-likeness (QED) is 0.860. The number of para-hydroxylation sites is 1. The molecule has 2 atom stereocenters. The molecule has 0 bridgehead atoms. The van der Waals surface area contributed by atoms with Crippen LogP contribution in [-0.4, -0.2) is 36.0 Å². The molecule has 1 heterocycles. The van der Waals surface area contributed by atoms with E-state index in [1.807, 2.05) is 0 Å². The number of nitrogens with one attached hydrogen (secondary N) is 1. The maximum Gasteiger partial charge on any atom is 0.308 e. The van der Waals surface area contributed by atoms with Crippen LogP contribution in [0.1, 0.15) is 13.3 Å². The first-order chi connectivity index (χ1) is 10.4. The van der Waals surface area contributed by atoms with Gasteiger partial charge in [0.15, 0.2) is 0 Å². The van der Waals surface area contributed by atoms with Gasteiger partial charge in [0.25, 0.3) is 0 Å². The van der Waals surface area contributed by atoms with Gasteiger partial charge < -0.3 is 15.3 Å². The standard InChI is InChI=1S/C15H17ClN2O4/c1-9(15(21)22)7-17-14(20)10-6-13(19)18(8-10)12-5-3-2-4-11(12)16/h2-5,9-10H,6-8H2,1H3,(H,17,20)(H,21,22)/t9-,10-/m1/s1. The van der Waals surface area contributed by atoms with E-state index < -0.39 is 17.8 Å². The number of halogens is 1. The molecule has 22 heavy (non-hydrogen) atoms. The summed E-state index contributed by atoms with van der Waals surface area (Å²) in [6.07, 6.45) is 0.0957. The van der Waals surface area contributed by atoms with Crippen molar-refractivity contribution in [1.82, 2.24) is 5.32 Å². The van der Waals surface area contributed by atoms with Gasteiger partial charge in [0.1, 0.15) is 0 Å². The number of hydrogen-bond acceptors (Lipinski definition) is 3. The molecule has 118 valence electrons. The van der Waals surface area contributed by atoms with Crippen LogP contribution in [-0.2, 0) is 14.4 Å². The highest BCUT2D eigenvalue weighted by molar-refractivity contribution is 6.33. The van der Waals surface area contributed by atoms with Gasteiger partial charge in [0.05, 0.1) is 22.5 Å². The predicted molar refractivity (Wildman–Crippen MR) is 81.7 cm³/mol. The lowest BCUT2D eigenvalue weighted by molar-refractivity contribution is -0.141. The van der Waals surface area contributed by atoms with Crippen LogP contribution in [0, 0.1) is 11.8 Å². The van der Waals surface area contributed by atoms with Crippen molar-refractivity contribution in [2.75, 3.05) is 18.0 Å². The molecule has 1 aliphatic heterocycles. The molecule has 1 aliphatic rings.